The number of aromatic nitrogens is 1. The number of pyridine rings is 1. The SMILES string of the molecule is Cc1ccc(C(=O)Nc2cc(C3CC3)ccn2)cc1. The minimum atomic E-state index is -0.111. The van der Waals surface area contributed by atoms with Crippen molar-refractivity contribution < 1.29 is 4.79 Å². The van der Waals surface area contributed by atoms with Gasteiger partial charge in [-0.15, -0.1) is 0 Å². The zero-order valence-corrected chi connectivity index (χ0v) is 10.9. The Morgan fingerprint density at radius 3 is 2.63 bits per heavy atom. The third-order valence-electron chi connectivity index (χ3n) is 3.39. The van der Waals surface area contributed by atoms with Crippen LogP contribution in [-0.4, -0.2) is 10.9 Å². The first-order valence-corrected chi connectivity index (χ1v) is 6.56. The highest BCUT2D eigenvalue weighted by molar-refractivity contribution is 6.03. The zero-order valence-electron chi connectivity index (χ0n) is 10.9. The van der Waals surface area contributed by atoms with Crippen LogP contribution in [0.2, 0.25) is 0 Å². The predicted octanol–water partition coefficient (Wildman–Crippen LogP) is 3.52. The average molecular weight is 252 g/mol. The predicted molar refractivity (Wildman–Crippen MR) is 75.3 cm³/mol. The van der Waals surface area contributed by atoms with Gasteiger partial charge in [0, 0.05) is 11.8 Å². The quantitative estimate of drug-likeness (QED) is 0.908. The Hall–Kier alpha value is -2.16. The van der Waals surface area contributed by atoms with E-state index in [4.69, 9.17) is 0 Å². The van der Waals surface area contributed by atoms with Gasteiger partial charge in [0.15, 0.2) is 0 Å². The van der Waals surface area contributed by atoms with E-state index in [-0.39, 0.29) is 5.91 Å². The monoisotopic (exact) mass is 252 g/mol. The number of nitrogens with zero attached hydrogens (tertiary/aromatic N) is 1. The van der Waals surface area contributed by atoms with E-state index in [1.165, 1.54) is 18.4 Å². The van der Waals surface area contributed by atoms with Crippen molar-refractivity contribution in [1.82, 2.24) is 4.98 Å². The van der Waals surface area contributed by atoms with Crippen molar-refractivity contribution in [1.29, 1.82) is 0 Å². The Labute approximate surface area is 112 Å². The van der Waals surface area contributed by atoms with Gasteiger partial charge in [-0.3, -0.25) is 4.79 Å². The fraction of sp³-hybridized carbons (Fsp3) is 0.250. The van der Waals surface area contributed by atoms with E-state index in [0.29, 0.717) is 17.3 Å². The molecule has 3 nitrogen and oxygen atoms in total. The molecule has 3 rings (SSSR count). The Morgan fingerprint density at radius 2 is 1.95 bits per heavy atom. The lowest BCUT2D eigenvalue weighted by atomic mass is 10.1. The number of amides is 1. The molecule has 1 amide bonds. The second kappa shape index (κ2) is 4.84. The summed E-state index contributed by atoms with van der Waals surface area (Å²) in [6, 6.07) is 11.5. The molecule has 0 atom stereocenters. The number of benzene rings is 1. The maximum absolute atomic E-state index is 12.1. The van der Waals surface area contributed by atoms with Crippen molar-refractivity contribution in [3.63, 3.8) is 0 Å². The standard InChI is InChI=1S/C16H16N2O/c1-11-2-4-13(5-3-11)16(19)18-15-10-14(8-9-17-15)12-6-7-12/h2-5,8-10,12H,6-7H2,1H3,(H,17,18,19). The maximum Gasteiger partial charge on any atom is 0.256 e. The highest BCUT2D eigenvalue weighted by atomic mass is 16.1. The Kier molecular flexibility index (Phi) is 3.03. The molecule has 1 aromatic carbocycles. The van der Waals surface area contributed by atoms with Crippen LogP contribution in [0.3, 0.4) is 0 Å². The second-order valence-corrected chi connectivity index (χ2v) is 5.07. The Bertz CT molecular complexity index is 600. The second-order valence-electron chi connectivity index (χ2n) is 5.07. The summed E-state index contributed by atoms with van der Waals surface area (Å²) in [6.45, 7) is 2.00. The van der Waals surface area contributed by atoms with Gasteiger partial charge in [0.25, 0.3) is 5.91 Å². The van der Waals surface area contributed by atoms with Crippen molar-refractivity contribution in [2.75, 3.05) is 5.32 Å². The molecule has 1 aliphatic rings. The summed E-state index contributed by atoms with van der Waals surface area (Å²) in [6.07, 6.45) is 4.25. The molecule has 1 fully saturated rings. The molecule has 0 aliphatic heterocycles. The number of hydrogen-bond donors (Lipinski definition) is 1. The largest absolute Gasteiger partial charge is 0.307 e. The summed E-state index contributed by atoms with van der Waals surface area (Å²) < 4.78 is 0. The molecule has 1 saturated carbocycles. The van der Waals surface area contributed by atoms with Crippen LogP contribution in [0.5, 0.6) is 0 Å². The zero-order chi connectivity index (χ0) is 13.2. The van der Waals surface area contributed by atoms with Gasteiger partial charge in [0.05, 0.1) is 0 Å². The van der Waals surface area contributed by atoms with Gasteiger partial charge >= 0.3 is 0 Å². The van der Waals surface area contributed by atoms with Crippen LogP contribution in [0.4, 0.5) is 5.82 Å². The maximum atomic E-state index is 12.1. The number of carbonyl (C=O) groups is 1. The molecule has 0 spiro atoms. The van der Waals surface area contributed by atoms with Gasteiger partial charge in [0.1, 0.15) is 5.82 Å². The van der Waals surface area contributed by atoms with Crippen LogP contribution in [-0.2, 0) is 0 Å². The Balaban J connectivity index is 1.75. The van der Waals surface area contributed by atoms with Crippen molar-refractivity contribution in [3.8, 4) is 0 Å². The fourth-order valence-electron chi connectivity index (χ4n) is 2.08. The third kappa shape index (κ3) is 2.81. The summed E-state index contributed by atoms with van der Waals surface area (Å²) in [5.74, 6) is 1.19. The molecule has 2 aromatic rings. The molecule has 96 valence electrons. The van der Waals surface area contributed by atoms with Crippen LogP contribution < -0.4 is 5.32 Å². The van der Waals surface area contributed by atoms with E-state index in [2.05, 4.69) is 10.3 Å². The summed E-state index contributed by atoms with van der Waals surface area (Å²) in [7, 11) is 0. The molecule has 3 heteroatoms. The molecule has 0 radical (unpaired) electrons. The fourth-order valence-corrected chi connectivity index (χ4v) is 2.08. The van der Waals surface area contributed by atoms with Crippen molar-refractivity contribution in [3.05, 3.63) is 59.3 Å². The molecule has 0 unspecified atom stereocenters. The van der Waals surface area contributed by atoms with E-state index in [0.717, 1.165) is 5.56 Å². The van der Waals surface area contributed by atoms with E-state index in [1.807, 2.05) is 43.3 Å². The van der Waals surface area contributed by atoms with E-state index >= 15 is 0 Å². The topological polar surface area (TPSA) is 42.0 Å². The molecule has 0 saturated heterocycles. The van der Waals surface area contributed by atoms with Crippen LogP contribution in [0.15, 0.2) is 42.6 Å². The lowest BCUT2D eigenvalue weighted by Gasteiger charge is -2.06. The number of nitrogens with one attached hydrogen (secondary N) is 1. The van der Waals surface area contributed by atoms with Crippen molar-refractivity contribution >= 4 is 11.7 Å². The van der Waals surface area contributed by atoms with Crippen LogP contribution in [0.25, 0.3) is 0 Å². The first-order chi connectivity index (χ1) is 9.22. The number of hydrogen-bond acceptors (Lipinski definition) is 2. The van der Waals surface area contributed by atoms with Crippen LogP contribution >= 0.6 is 0 Å². The smallest absolute Gasteiger partial charge is 0.256 e. The van der Waals surface area contributed by atoms with Gasteiger partial charge < -0.3 is 5.32 Å². The normalized spacial score (nSPS) is 14.2. The molecule has 1 heterocycles. The highest BCUT2D eigenvalue weighted by Gasteiger charge is 2.23. The van der Waals surface area contributed by atoms with Gasteiger partial charge in [-0.25, -0.2) is 4.98 Å². The van der Waals surface area contributed by atoms with Gasteiger partial charge in [-0.05, 0) is 55.5 Å². The summed E-state index contributed by atoms with van der Waals surface area (Å²) in [5.41, 5.74) is 3.07. The molecule has 0 bridgehead atoms. The summed E-state index contributed by atoms with van der Waals surface area (Å²) >= 11 is 0. The van der Waals surface area contributed by atoms with Crippen molar-refractivity contribution in [2.24, 2.45) is 0 Å². The van der Waals surface area contributed by atoms with Gasteiger partial charge in [-0.2, -0.15) is 0 Å². The van der Waals surface area contributed by atoms with Crippen LogP contribution in [0, 0.1) is 6.92 Å². The molecule has 1 aliphatic carbocycles. The minimum Gasteiger partial charge on any atom is -0.307 e. The third-order valence-corrected chi connectivity index (χ3v) is 3.39. The highest BCUT2D eigenvalue weighted by Crippen LogP contribution is 2.40. The number of aryl methyl sites for hydroxylation is 1. The molecular weight excluding hydrogens is 236 g/mol. The van der Waals surface area contributed by atoms with E-state index in [1.54, 1.807) is 6.20 Å². The first-order valence-electron chi connectivity index (χ1n) is 6.56. The molecule has 1 N–H and O–H groups in total. The van der Waals surface area contributed by atoms with Crippen LogP contribution in [0.1, 0.15) is 40.2 Å². The average Bonchev–Trinajstić information content (AvgIpc) is 3.24. The van der Waals surface area contributed by atoms with E-state index in [9.17, 15) is 4.79 Å². The number of carbonyl (C=O) groups excluding carboxylic acids is 1. The molecular formula is C16H16N2O. The molecule has 1 aromatic heterocycles. The summed E-state index contributed by atoms with van der Waals surface area (Å²) in [4.78, 5) is 16.3. The van der Waals surface area contributed by atoms with Gasteiger partial charge in [0.2, 0.25) is 0 Å². The van der Waals surface area contributed by atoms with E-state index < -0.39 is 0 Å². The number of rotatable bonds is 3. The summed E-state index contributed by atoms with van der Waals surface area (Å²) in [5, 5.41) is 2.85. The van der Waals surface area contributed by atoms with Crippen molar-refractivity contribution in [2.45, 2.75) is 25.7 Å². The lowest BCUT2D eigenvalue weighted by Crippen LogP contribution is -2.12. The minimum absolute atomic E-state index is 0.111. The Morgan fingerprint density at radius 1 is 1.21 bits per heavy atom. The van der Waals surface area contributed by atoms with Gasteiger partial charge in [-0.1, -0.05) is 17.7 Å². The first kappa shape index (κ1) is 11.9. The number of anilines is 1. The lowest BCUT2D eigenvalue weighted by molar-refractivity contribution is 0.102. The molecule has 19 heavy (non-hydrogen) atoms.